The maximum atomic E-state index is 11.7. The fourth-order valence-electron chi connectivity index (χ4n) is 1.57. The first-order valence-corrected chi connectivity index (χ1v) is 4.96. The van der Waals surface area contributed by atoms with Gasteiger partial charge in [0.15, 0.2) is 0 Å². The summed E-state index contributed by atoms with van der Waals surface area (Å²) >= 11 is 0. The van der Waals surface area contributed by atoms with E-state index in [1.54, 1.807) is 0 Å². The zero-order chi connectivity index (χ0) is 10.0. The fourth-order valence-corrected chi connectivity index (χ4v) is 1.57. The predicted molar refractivity (Wildman–Crippen MR) is 54.4 cm³/mol. The summed E-state index contributed by atoms with van der Waals surface area (Å²) in [6.07, 6.45) is 1.05. The van der Waals surface area contributed by atoms with E-state index in [2.05, 4.69) is 13.8 Å². The largest absolute Gasteiger partial charge is 0.338 e. The normalized spacial score (nSPS) is 18.4. The molecule has 0 saturated heterocycles. The van der Waals surface area contributed by atoms with Gasteiger partial charge in [0.1, 0.15) is 0 Å². The second kappa shape index (κ2) is 3.95. The molecular weight excluding hydrogens is 162 g/mol. The highest BCUT2D eigenvalue weighted by molar-refractivity contribution is 5.78. The molecule has 1 aliphatic heterocycles. The van der Waals surface area contributed by atoms with Crippen LogP contribution in [0.1, 0.15) is 34.1 Å². The van der Waals surface area contributed by atoms with E-state index in [9.17, 15) is 4.79 Å². The van der Waals surface area contributed by atoms with Gasteiger partial charge in [-0.1, -0.05) is 25.0 Å². The molecule has 0 fully saturated rings. The van der Waals surface area contributed by atoms with Gasteiger partial charge in [-0.25, -0.2) is 0 Å². The highest BCUT2D eigenvalue weighted by Crippen LogP contribution is 2.18. The molecule has 2 heteroatoms. The van der Waals surface area contributed by atoms with E-state index in [0.717, 1.165) is 19.5 Å². The van der Waals surface area contributed by atoms with Gasteiger partial charge in [0.25, 0.3) is 0 Å². The first-order chi connectivity index (χ1) is 6.02. The SMILES string of the molecule is CC1=C(C)CN(C(=O)C(C)C)CC1. The molecule has 0 aliphatic carbocycles. The van der Waals surface area contributed by atoms with Crippen LogP contribution in [0, 0.1) is 5.92 Å². The quantitative estimate of drug-likeness (QED) is 0.568. The Morgan fingerprint density at radius 2 is 1.92 bits per heavy atom. The fraction of sp³-hybridized carbons (Fsp3) is 0.727. The molecule has 0 aromatic heterocycles. The smallest absolute Gasteiger partial charge is 0.225 e. The summed E-state index contributed by atoms with van der Waals surface area (Å²) in [5, 5.41) is 0. The molecule has 2 nitrogen and oxygen atoms in total. The van der Waals surface area contributed by atoms with Gasteiger partial charge in [-0.2, -0.15) is 0 Å². The second-order valence-electron chi connectivity index (χ2n) is 4.23. The van der Waals surface area contributed by atoms with Crippen molar-refractivity contribution in [3.8, 4) is 0 Å². The van der Waals surface area contributed by atoms with Crippen molar-refractivity contribution in [2.75, 3.05) is 13.1 Å². The van der Waals surface area contributed by atoms with Crippen molar-refractivity contribution in [1.82, 2.24) is 4.90 Å². The molecule has 0 aromatic carbocycles. The zero-order valence-corrected chi connectivity index (χ0v) is 9.05. The van der Waals surface area contributed by atoms with Crippen LogP contribution in [0.25, 0.3) is 0 Å². The predicted octanol–water partition coefficient (Wildman–Crippen LogP) is 2.21. The average Bonchev–Trinajstić information content (AvgIpc) is 2.08. The van der Waals surface area contributed by atoms with Gasteiger partial charge in [-0.15, -0.1) is 0 Å². The Morgan fingerprint density at radius 3 is 2.38 bits per heavy atom. The van der Waals surface area contributed by atoms with Crippen molar-refractivity contribution in [2.24, 2.45) is 5.92 Å². The van der Waals surface area contributed by atoms with Crippen LogP contribution >= 0.6 is 0 Å². The maximum absolute atomic E-state index is 11.7. The topological polar surface area (TPSA) is 20.3 Å². The molecule has 0 aromatic rings. The van der Waals surface area contributed by atoms with Gasteiger partial charge < -0.3 is 4.90 Å². The van der Waals surface area contributed by atoms with E-state index in [1.165, 1.54) is 11.1 Å². The van der Waals surface area contributed by atoms with Crippen LogP contribution in [-0.2, 0) is 4.79 Å². The second-order valence-corrected chi connectivity index (χ2v) is 4.23. The van der Waals surface area contributed by atoms with Crippen molar-refractivity contribution in [3.63, 3.8) is 0 Å². The minimum absolute atomic E-state index is 0.131. The standard InChI is InChI=1S/C11H19NO/c1-8(2)11(13)12-6-5-9(3)10(4)7-12/h8H,5-7H2,1-4H3. The Labute approximate surface area is 80.6 Å². The molecule has 1 aliphatic rings. The van der Waals surface area contributed by atoms with Crippen LogP contribution in [0.2, 0.25) is 0 Å². The molecule has 1 amide bonds. The van der Waals surface area contributed by atoms with Gasteiger partial charge in [0.2, 0.25) is 5.91 Å². The third-order valence-electron chi connectivity index (χ3n) is 2.72. The zero-order valence-electron chi connectivity index (χ0n) is 9.05. The van der Waals surface area contributed by atoms with E-state index in [0.29, 0.717) is 0 Å². The number of hydrogen-bond acceptors (Lipinski definition) is 1. The molecule has 1 rings (SSSR count). The minimum Gasteiger partial charge on any atom is -0.338 e. The lowest BCUT2D eigenvalue weighted by Gasteiger charge is -2.30. The number of carbonyl (C=O) groups is 1. The van der Waals surface area contributed by atoms with Crippen LogP contribution in [0.5, 0.6) is 0 Å². The number of amides is 1. The molecule has 13 heavy (non-hydrogen) atoms. The summed E-state index contributed by atoms with van der Waals surface area (Å²) in [6.45, 7) is 9.94. The van der Waals surface area contributed by atoms with Crippen molar-refractivity contribution in [2.45, 2.75) is 34.1 Å². The third kappa shape index (κ3) is 2.33. The Bertz CT molecular complexity index is 240. The molecule has 74 valence electrons. The number of hydrogen-bond donors (Lipinski definition) is 0. The van der Waals surface area contributed by atoms with Crippen LogP contribution in [0.3, 0.4) is 0 Å². The Kier molecular flexibility index (Phi) is 3.12. The van der Waals surface area contributed by atoms with Crippen molar-refractivity contribution >= 4 is 5.91 Å². The molecule has 0 spiro atoms. The summed E-state index contributed by atoms with van der Waals surface area (Å²) < 4.78 is 0. The average molecular weight is 181 g/mol. The molecule has 0 saturated carbocycles. The lowest BCUT2D eigenvalue weighted by molar-refractivity contribution is -0.134. The Hall–Kier alpha value is -0.790. The summed E-state index contributed by atoms with van der Waals surface area (Å²) in [6, 6.07) is 0. The molecule has 1 heterocycles. The maximum Gasteiger partial charge on any atom is 0.225 e. The summed E-state index contributed by atoms with van der Waals surface area (Å²) in [4.78, 5) is 13.6. The molecule has 0 N–H and O–H groups in total. The van der Waals surface area contributed by atoms with Crippen molar-refractivity contribution in [1.29, 1.82) is 0 Å². The number of nitrogens with zero attached hydrogens (tertiary/aromatic N) is 1. The van der Waals surface area contributed by atoms with E-state index >= 15 is 0 Å². The van der Waals surface area contributed by atoms with Crippen LogP contribution in [0.15, 0.2) is 11.1 Å². The van der Waals surface area contributed by atoms with Gasteiger partial charge in [-0.3, -0.25) is 4.79 Å². The number of carbonyl (C=O) groups excluding carboxylic acids is 1. The van der Waals surface area contributed by atoms with Crippen LogP contribution < -0.4 is 0 Å². The lowest BCUT2D eigenvalue weighted by atomic mass is 10.0. The first kappa shape index (κ1) is 10.3. The van der Waals surface area contributed by atoms with Crippen LogP contribution in [-0.4, -0.2) is 23.9 Å². The highest BCUT2D eigenvalue weighted by atomic mass is 16.2. The molecular formula is C11H19NO. The van der Waals surface area contributed by atoms with E-state index in [-0.39, 0.29) is 11.8 Å². The first-order valence-electron chi connectivity index (χ1n) is 4.96. The highest BCUT2D eigenvalue weighted by Gasteiger charge is 2.20. The van der Waals surface area contributed by atoms with Gasteiger partial charge in [0.05, 0.1) is 0 Å². The van der Waals surface area contributed by atoms with E-state index in [4.69, 9.17) is 0 Å². The van der Waals surface area contributed by atoms with Crippen molar-refractivity contribution < 1.29 is 4.79 Å². The summed E-state index contributed by atoms with van der Waals surface area (Å²) in [7, 11) is 0. The molecule has 0 atom stereocenters. The summed E-state index contributed by atoms with van der Waals surface area (Å²) in [5.41, 5.74) is 2.81. The van der Waals surface area contributed by atoms with Crippen LogP contribution in [0.4, 0.5) is 0 Å². The summed E-state index contributed by atoms with van der Waals surface area (Å²) in [5.74, 6) is 0.415. The number of rotatable bonds is 1. The van der Waals surface area contributed by atoms with E-state index < -0.39 is 0 Å². The van der Waals surface area contributed by atoms with Gasteiger partial charge >= 0.3 is 0 Å². The van der Waals surface area contributed by atoms with E-state index in [1.807, 2.05) is 18.7 Å². The lowest BCUT2D eigenvalue weighted by Crippen LogP contribution is -2.38. The van der Waals surface area contributed by atoms with Crippen molar-refractivity contribution in [3.05, 3.63) is 11.1 Å². The molecule has 0 bridgehead atoms. The molecule has 0 radical (unpaired) electrons. The molecule has 0 unspecified atom stereocenters. The van der Waals surface area contributed by atoms with Gasteiger partial charge in [-0.05, 0) is 20.3 Å². The third-order valence-corrected chi connectivity index (χ3v) is 2.72. The van der Waals surface area contributed by atoms with Gasteiger partial charge in [0, 0.05) is 19.0 Å². The minimum atomic E-state index is 0.131. The monoisotopic (exact) mass is 181 g/mol. The Balaban J connectivity index is 2.63. The Morgan fingerprint density at radius 1 is 1.31 bits per heavy atom.